The van der Waals surface area contributed by atoms with Crippen molar-refractivity contribution in [3.05, 3.63) is 70.5 Å². The summed E-state index contributed by atoms with van der Waals surface area (Å²) in [6.45, 7) is 3.84. The number of rotatable bonds is 7. The molecule has 0 saturated carbocycles. The van der Waals surface area contributed by atoms with Gasteiger partial charge >= 0.3 is 0 Å². The van der Waals surface area contributed by atoms with E-state index in [1.807, 2.05) is 32.0 Å². The number of nitrogens with one attached hydrogen (secondary N) is 2. The van der Waals surface area contributed by atoms with Crippen LogP contribution >= 0.6 is 23.4 Å². The van der Waals surface area contributed by atoms with Crippen molar-refractivity contribution in [3.63, 3.8) is 0 Å². The minimum atomic E-state index is -0.348. The Hall–Kier alpha value is -2.44. The Morgan fingerprint density at radius 1 is 1.29 bits per heavy atom. The highest BCUT2D eigenvalue weighted by Gasteiger charge is 2.19. The average Bonchev–Trinajstić information content (AvgIpc) is 3.01. The van der Waals surface area contributed by atoms with Crippen LogP contribution < -0.4 is 10.1 Å². The first-order valence-corrected chi connectivity index (χ1v) is 10.1. The lowest BCUT2D eigenvalue weighted by molar-refractivity contribution is -0.115. The van der Waals surface area contributed by atoms with E-state index in [1.54, 1.807) is 25.3 Å². The van der Waals surface area contributed by atoms with E-state index in [0.29, 0.717) is 16.5 Å². The summed E-state index contributed by atoms with van der Waals surface area (Å²) in [5.41, 5.74) is 3.74. The summed E-state index contributed by atoms with van der Waals surface area (Å²) < 4.78 is 5.28. The molecule has 0 saturated heterocycles. The van der Waals surface area contributed by atoms with E-state index in [9.17, 15) is 4.79 Å². The fourth-order valence-corrected chi connectivity index (χ4v) is 3.77. The number of thioether (sulfide) groups is 1. The Bertz CT molecular complexity index is 960. The number of benzene rings is 2. The second-order valence-electron chi connectivity index (χ2n) is 6.37. The predicted octanol–water partition coefficient (Wildman–Crippen LogP) is 5.09. The van der Waals surface area contributed by atoms with Crippen molar-refractivity contribution in [2.45, 2.75) is 30.7 Å². The van der Waals surface area contributed by atoms with Gasteiger partial charge in [-0.25, -0.2) is 4.98 Å². The predicted molar refractivity (Wildman–Crippen MR) is 115 cm³/mol. The fourth-order valence-electron chi connectivity index (χ4n) is 2.72. The highest BCUT2D eigenvalue weighted by molar-refractivity contribution is 8.00. The number of anilines is 1. The number of amides is 1. The van der Waals surface area contributed by atoms with Crippen LogP contribution in [0.3, 0.4) is 0 Å². The number of hydrogen-bond acceptors (Lipinski definition) is 4. The molecule has 146 valence electrons. The van der Waals surface area contributed by atoms with Gasteiger partial charge in [0.15, 0.2) is 5.16 Å². The zero-order chi connectivity index (χ0) is 20.1. The molecule has 0 radical (unpaired) electrons. The molecule has 1 aromatic heterocycles. The lowest BCUT2D eigenvalue weighted by Crippen LogP contribution is -2.22. The summed E-state index contributed by atoms with van der Waals surface area (Å²) in [4.78, 5) is 20.5. The van der Waals surface area contributed by atoms with Gasteiger partial charge in [0.1, 0.15) is 5.75 Å². The van der Waals surface area contributed by atoms with Crippen LogP contribution in [0.4, 0.5) is 5.69 Å². The topological polar surface area (TPSA) is 67.0 Å². The van der Waals surface area contributed by atoms with E-state index < -0.39 is 0 Å². The molecule has 0 fully saturated rings. The van der Waals surface area contributed by atoms with Crippen LogP contribution in [0.2, 0.25) is 5.02 Å². The summed E-state index contributed by atoms with van der Waals surface area (Å²) in [7, 11) is 1.55. The van der Waals surface area contributed by atoms with Crippen LogP contribution in [-0.4, -0.2) is 28.2 Å². The van der Waals surface area contributed by atoms with Gasteiger partial charge < -0.3 is 15.0 Å². The summed E-state index contributed by atoms with van der Waals surface area (Å²) in [6.07, 6.45) is 0.754. The maximum absolute atomic E-state index is 12.6. The second-order valence-corrected chi connectivity index (χ2v) is 8.14. The molecule has 1 amide bonds. The number of carbonyl (C=O) groups is 1. The van der Waals surface area contributed by atoms with Crippen molar-refractivity contribution in [1.29, 1.82) is 0 Å². The molecule has 1 atom stereocenters. The van der Waals surface area contributed by atoms with Crippen molar-refractivity contribution >= 4 is 35.0 Å². The highest BCUT2D eigenvalue weighted by atomic mass is 35.5. The average molecular weight is 416 g/mol. The van der Waals surface area contributed by atoms with E-state index in [0.717, 1.165) is 23.0 Å². The number of aryl methyl sites for hydroxylation is 1. The lowest BCUT2D eigenvalue weighted by atomic mass is 10.1. The van der Waals surface area contributed by atoms with E-state index in [-0.39, 0.29) is 11.2 Å². The molecule has 0 bridgehead atoms. The summed E-state index contributed by atoms with van der Waals surface area (Å²) in [5.74, 6) is 0.415. The third kappa shape index (κ3) is 5.09. The van der Waals surface area contributed by atoms with Gasteiger partial charge in [0.05, 0.1) is 23.7 Å². The SMILES string of the molecule is COc1ccc(Cl)cc1NC(=O)C(C)Sc1nc(Cc2ccccc2)c(C)[nH]1. The van der Waals surface area contributed by atoms with Gasteiger partial charge in [0, 0.05) is 17.1 Å². The molecular weight excluding hydrogens is 394 g/mol. The zero-order valence-electron chi connectivity index (χ0n) is 16.0. The number of carbonyl (C=O) groups excluding carboxylic acids is 1. The summed E-state index contributed by atoms with van der Waals surface area (Å²) >= 11 is 7.41. The van der Waals surface area contributed by atoms with Gasteiger partial charge in [-0.2, -0.15) is 0 Å². The number of aromatic amines is 1. The molecule has 0 spiro atoms. The van der Waals surface area contributed by atoms with Crippen LogP contribution in [0.25, 0.3) is 0 Å². The number of methoxy groups -OCH3 is 1. The van der Waals surface area contributed by atoms with E-state index in [2.05, 4.69) is 27.4 Å². The number of imidazole rings is 1. The quantitative estimate of drug-likeness (QED) is 0.527. The molecule has 1 unspecified atom stereocenters. The molecule has 2 N–H and O–H groups in total. The van der Waals surface area contributed by atoms with Crippen LogP contribution in [0.15, 0.2) is 53.7 Å². The van der Waals surface area contributed by atoms with Gasteiger partial charge in [-0.15, -0.1) is 0 Å². The molecule has 0 aliphatic heterocycles. The molecule has 28 heavy (non-hydrogen) atoms. The Morgan fingerprint density at radius 3 is 2.75 bits per heavy atom. The molecule has 3 aromatic rings. The first-order valence-electron chi connectivity index (χ1n) is 8.86. The maximum Gasteiger partial charge on any atom is 0.237 e. The van der Waals surface area contributed by atoms with Crippen LogP contribution in [0, 0.1) is 6.92 Å². The van der Waals surface area contributed by atoms with Gasteiger partial charge in [0.25, 0.3) is 0 Å². The maximum atomic E-state index is 12.6. The largest absolute Gasteiger partial charge is 0.495 e. The van der Waals surface area contributed by atoms with Crippen molar-refractivity contribution in [2.75, 3.05) is 12.4 Å². The number of H-pyrrole nitrogens is 1. The summed E-state index contributed by atoms with van der Waals surface area (Å²) in [5, 5.41) is 3.78. The highest BCUT2D eigenvalue weighted by Crippen LogP contribution is 2.29. The standard InChI is InChI=1S/C21H22ClN3O2S/c1-13-17(11-15-7-5-4-6-8-15)25-21(23-13)28-14(2)20(26)24-18-12-16(22)9-10-19(18)27-3/h4-10,12,14H,11H2,1-3H3,(H,23,25)(H,24,26). The molecule has 7 heteroatoms. The van der Waals surface area contributed by atoms with Crippen molar-refractivity contribution in [1.82, 2.24) is 9.97 Å². The number of halogens is 1. The Labute approximate surface area is 173 Å². The van der Waals surface area contributed by atoms with E-state index >= 15 is 0 Å². The van der Waals surface area contributed by atoms with Crippen molar-refractivity contribution < 1.29 is 9.53 Å². The van der Waals surface area contributed by atoms with Crippen LogP contribution in [0.1, 0.15) is 23.9 Å². The molecule has 0 aliphatic carbocycles. The molecular formula is C21H22ClN3O2S. The van der Waals surface area contributed by atoms with E-state index in [1.165, 1.54) is 17.3 Å². The zero-order valence-corrected chi connectivity index (χ0v) is 17.5. The van der Waals surface area contributed by atoms with E-state index in [4.69, 9.17) is 16.3 Å². The third-order valence-corrected chi connectivity index (χ3v) is 5.47. The lowest BCUT2D eigenvalue weighted by Gasteiger charge is -2.13. The number of ether oxygens (including phenoxy) is 1. The van der Waals surface area contributed by atoms with Gasteiger partial charge in [0.2, 0.25) is 5.91 Å². The second kappa shape index (κ2) is 9.17. The van der Waals surface area contributed by atoms with Crippen LogP contribution in [-0.2, 0) is 11.2 Å². The Balaban J connectivity index is 1.66. The Morgan fingerprint density at radius 2 is 2.04 bits per heavy atom. The van der Waals surface area contributed by atoms with Gasteiger partial charge in [-0.1, -0.05) is 53.7 Å². The first-order chi connectivity index (χ1) is 13.5. The van der Waals surface area contributed by atoms with Crippen molar-refractivity contribution in [3.8, 4) is 5.75 Å². The minimum Gasteiger partial charge on any atom is -0.495 e. The molecule has 3 rings (SSSR count). The van der Waals surface area contributed by atoms with Gasteiger partial charge in [-0.05, 0) is 37.6 Å². The first kappa shape index (κ1) is 20.3. The smallest absolute Gasteiger partial charge is 0.237 e. The van der Waals surface area contributed by atoms with Crippen molar-refractivity contribution in [2.24, 2.45) is 0 Å². The summed E-state index contributed by atoms with van der Waals surface area (Å²) in [6, 6.07) is 15.3. The third-order valence-electron chi connectivity index (χ3n) is 4.26. The van der Waals surface area contributed by atoms with Gasteiger partial charge in [-0.3, -0.25) is 4.79 Å². The fraction of sp³-hybridized carbons (Fsp3) is 0.238. The number of aromatic nitrogens is 2. The minimum absolute atomic E-state index is 0.149. The monoisotopic (exact) mass is 415 g/mol. The molecule has 2 aromatic carbocycles. The molecule has 1 heterocycles. The number of hydrogen-bond donors (Lipinski definition) is 2. The molecule has 0 aliphatic rings. The number of nitrogens with zero attached hydrogens (tertiary/aromatic N) is 1. The normalized spacial score (nSPS) is 11.9. The molecule has 5 nitrogen and oxygen atoms in total. The Kier molecular flexibility index (Phi) is 6.65. The van der Waals surface area contributed by atoms with Crippen LogP contribution in [0.5, 0.6) is 5.75 Å².